The molecule has 2 fully saturated rings. The lowest BCUT2D eigenvalue weighted by atomic mass is 9.97. The summed E-state index contributed by atoms with van der Waals surface area (Å²) in [6.45, 7) is 6.24. The van der Waals surface area contributed by atoms with Crippen LogP contribution in [0.25, 0.3) is 0 Å². The van der Waals surface area contributed by atoms with Gasteiger partial charge in [0.05, 0.1) is 23.5 Å². The van der Waals surface area contributed by atoms with Crippen molar-refractivity contribution in [1.82, 2.24) is 14.9 Å². The van der Waals surface area contributed by atoms with Crippen LogP contribution in [-0.2, 0) is 4.74 Å². The predicted molar refractivity (Wildman–Crippen MR) is 88.8 cm³/mol. The molecule has 0 aromatic carbocycles. The van der Waals surface area contributed by atoms with Crippen molar-refractivity contribution in [3.05, 3.63) is 18.1 Å². The molecule has 1 aromatic heterocycles. The third-order valence-electron chi connectivity index (χ3n) is 4.69. The van der Waals surface area contributed by atoms with E-state index in [4.69, 9.17) is 4.74 Å². The number of anilines is 1. The van der Waals surface area contributed by atoms with Crippen LogP contribution in [0.2, 0.25) is 0 Å². The molecule has 1 aliphatic carbocycles. The molecule has 2 aliphatic rings. The zero-order valence-electron chi connectivity index (χ0n) is 15.1. The Labute approximate surface area is 150 Å². The molecule has 0 radical (unpaired) electrons. The monoisotopic (exact) mass is 372 g/mol. The zero-order valence-corrected chi connectivity index (χ0v) is 15.1. The maximum absolute atomic E-state index is 12.9. The van der Waals surface area contributed by atoms with Crippen molar-refractivity contribution < 1.29 is 22.7 Å². The van der Waals surface area contributed by atoms with E-state index in [9.17, 15) is 18.0 Å². The molecule has 1 saturated carbocycles. The van der Waals surface area contributed by atoms with E-state index >= 15 is 0 Å². The smallest absolute Gasteiger partial charge is 0.410 e. The van der Waals surface area contributed by atoms with Gasteiger partial charge in [0.2, 0.25) is 0 Å². The van der Waals surface area contributed by atoms with E-state index in [1.807, 2.05) is 20.8 Å². The maximum atomic E-state index is 12.9. The highest BCUT2D eigenvalue weighted by Gasteiger charge is 2.62. The van der Waals surface area contributed by atoms with E-state index in [-0.39, 0.29) is 31.4 Å². The molecule has 0 unspecified atom stereocenters. The average molecular weight is 372 g/mol. The summed E-state index contributed by atoms with van der Waals surface area (Å²) < 4.78 is 44.0. The molecule has 1 amide bonds. The fraction of sp³-hybridized carbons (Fsp3) is 0.706. The number of aromatic nitrogens is 2. The molecule has 0 atom stereocenters. The number of carbonyl (C=O) groups is 1. The minimum atomic E-state index is -4.19. The molecule has 26 heavy (non-hydrogen) atoms. The van der Waals surface area contributed by atoms with Crippen molar-refractivity contribution in [2.75, 3.05) is 25.0 Å². The first-order valence-corrected chi connectivity index (χ1v) is 8.60. The normalized spacial score (nSPS) is 19.7. The van der Waals surface area contributed by atoms with Crippen LogP contribution in [0.5, 0.6) is 0 Å². The highest BCUT2D eigenvalue weighted by Crippen LogP contribution is 2.57. The summed E-state index contributed by atoms with van der Waals surface area (Å²) >= 11 is 0. The standard InChI is InChI=1S/C17H23F3N4O2/c1-15(2,3)26-14(25)24-8-11(9-24)12-6-22-13(7-21-12)23-10-16(4-5-16)17(18,19)20/h6-7,11H,4-5,8-10H2,1-3H3,(H,22,23). The molecule has 1 N–H and O–H groups in total. The second kappa shape index (κ2) is 6.28. The summed E-state index contributed by atoms with van der Waals surface area (Å²) in [5, 5.41) is 2.73. The number of ether oxygens (including phenoxy) is 1. The Morgan fingerprint density at radius 1 is 1.27 bits per heavy atom. The van der Waals surface area contributed by atoms with E-state index in [1.165, 1.54) is 6.20 Å². The van der Waals surface area contributed by atoms with Crippen molar-refractivity contribution in [2.24, 2.45) is 5.41 Å². The van der Waals surface area contributed by atoms with Gasteiger partial charge in [0.25, 0.3) is 0 Å². The third kappa shape index (κ3) is 4.02. The molecule has 9 heteroatoms. The van der Waals surface area contributed by atoms with Crippen LogP contribution in [0, 0.1) is 5.41 Å². The van der Waals surface area contributed by atoms with Crippen LogP contribution in [0.3, 0.4) is 0 Å². The summed E-state index contributed by atoms with van der Waals surface area (Å²) in [4.78, 5) is 21.9. The van der Waals surface area contributed by atoms with Crippen molar-refractivity contribution in [2.45, 2.75) is 51.3 Å². The highest BCUT2D eigenvalue weighted by molar-refractivity contribution is 5.69. The average Bonchev–Trinajstić information content (AvgIpc) is 3.23. The van der Waals surface area contributed by atoms with Crippen LogP contribution in [-0.4, -0.2) is 52.4 Å². The van der Waals surface area contributed by atoms with Crippen LogP contribution < -0.4 is 5.32 Å². The van der Waals surface area contributed by atoms with Crippen molar-refractivity contribution >= 4 is 11.9 Å². The van der Waals surface area contributed by atoms with Gasteiger partial charge < -0.3 is 15.0 Å². The lowest BCUT2D eigenvalue weighted by Gasteiger charge is -2.39. The Morgan fingerprint density at radius 2 is 1.92 bits per heavy atom. The molecule has 1 aliphatic heterocycles. The second-order valence-corrected chi connectivity index (χ2v) is 8.04. The molecule has 0 bridgehead atoms. The summed E-state index contributed by atoms with van der Waals surface area (Å²) in [6, 6.07) is 0. The fourth-order valence-electron chi connectivity index (χ4n) is 2.75. The van der Waals surface area contributed by atoms with Gasteiger partial charge in [-0.1, -0.05) is 0 Å². The molecule has 1 aromatic rings. The van der Waals surface area contributed by atoms with Crippen molar-refractivity contribution in [3.63, 3.8) is 0 Å². The molecule has 144 valence electrons. The Bertz CT molecular complexity index is 660. The predicted octanol–water partition coefficient (Wildman–Crippen LogP) is 3.57. The van der Waals surface area contributed by atoms with Gasteiger partial charge >= 0.3 is 12.3 Å². The number of nitrogens with one attached hydrogen (secondary N) is 1. The number of likely N-dealkylation sites (tertiary alicyclic amines) is 1. The summed E-state index contributed by atoms with van der Waals surface area (Å²) in [7, 11) is 0. The fourth-order valence-corrected chi connectivity index (χ4v) is 2.75. The molecular weight excluding hydrogens is 349 g/mol. The molecule has 0 spiro atoms. The van der Waals surface area contributed by atoms with Crippen LogP contribution in [0.4, 0.5) is 23.8 Å². The number of halogens is 3. The highest BCUT2D eigenvalue weighted by atomic mass is 19.4. The molecule has 2 heterocycles. The number of rotatable bonds is 4. The molecular formula is C17H23F3N4O2. The molecule has 6 nitrogen and oxygen atoms in total. The topological polar surface area (TPSA) is 67.3 Å². The van der Waals surface area contributed by atoms with Gasteiger partial charge in [-0.2, -0.15) is 13.2 Å². The lowest BCUT2D eigenvalue weighted by Crippen LogP contribution is -2.50. The number of carbonyl (C=O) groups excluding carboxylic acids is 1. The van der Waals surface area contributed by atoms with E-state index in [0.717, 1.165) is 0 Å². The van der Waals surface area contributed by atoms with E-state index < -0.39 is 17.2 Å². The number of alkyl halides is 3. The second-order valence-electron chi connectivity index (χ2n) is 8.04. The van der Waals surface area contributed by atoms with Gasteiger partial charge in [-0.25, -0.2) is 9.78 Å². The van der Waals surface area contributed by atoms with Crippen LogP contribution in [0.1, 0.15) is 45.2 Å². The lowest BCUT2D eigenvalue weighted by molar-refractivity contribution is -0.182. The van der Waals surface area contributed by atoms with E-state index in [1.54, 1.807) is 11.1 Å². The Morgan fingerprint density at radius 3 is 2.38 bits per heavy atom. The minimum absolute atomic E-state index is 0.0639. The SMILES string of the molecule is CC(C)(C)OC(=O)N1CC(c2cnc(NCC3(C(F)(F)F)CC3)cn2)C1. The number of hydrogen-bond donors (Lipinski definition) is 1. The third-order valence-corrected chi connectivity index (χ3v) is 4.69. The number of nitrogens with zero attached hydrogens (tertiary/aromatic N) is 3. The van der Waals surface area contributed by atoms with Crippen molar-refractivity contribution in [1.29, 1.82) is 0 Å². The van der Waals surface area contributed by atoms with Gasteiger partial charge in [-0.3, -0.25) is 4.98 Å². The quantitative estimate of drug-likeness (QED) is 0.875. The molecule has 1 saturated heterocycles. The van der Waals surface area contributed by atoms with Crippen LogP contribution >= 0.6 is 0 Å². The zero-order chi connectivity index (χ0) is 19.2. The number of amides is 1. The van der Waals surface area contributed by atoms with E-state index in [2.05, 4.69) is 15.3 Å². The minimum Gasteiger partial charge on any atom is -0.444 e. The summed E-state index contributed by atoms with van der Waals surface area (Å²) in [5.74, 6) is 0.390. The number of hydrogen-bond acceptors (Lipinski definition) is 5. The summed E-state index contributed by atoms with van der Waals surface area (Å²) in [5.41, 5.74) is -1.44. The largest absolute Gasteiger partial charge is 0.444 e. The van der Waals surface area contributed by atoms with Crippen molar-refractivity contribution in [3.8, 4) is 0 Å². The maximum Gasteiger partial charge on any atom is 0.410 e. The van der Waals surface area contributed by atoms with Gasteiger partial charge in [-0.15, -0.1) is 0 Å². The summed E-state index contributed by atoms with van der Waals surface area (Å²) in [6.07, 6.45) is -1.26. The van der Waals surface area contributed by atoms with Gasteiger partial charge in [0, 0.05) is 25.6 Å². The first-order valence-electron chi connectivity index (χ1n) is 8.60. The van der Waals surface area contributed by atoms with E-state index in [0.29, 0.717) is 24.6 Å². The first-order chi connectivity index (χ1) is 12.0. The Balaban J connectivity index is 1.48. The Hall–Kier alpha value is -2.06. The van der Waals surface area contributed by atoms with Gasteiger partial charge in [-0.05, 0) is 33.6 Å². The van der Waals surface area contributed by atoms with Gasteiger partial charge in [0.15, 0.2) is 0 Å². The van der Waals surface area contributed by atoms with Crippen LogP contribution in [0.15, 0.2) is 12.4 Å². The van der Waals surface area contributed by atoms with Gasteiger partial charge in [0.1, 0.15) is 11.4 Å². The molecule has 3 rings (SSSR count). The Kier molecular flexibility index (Phi) is 4.52. The first kappa shape index (κ1) is 18.7.